The van der Waals surface area contributed by atoms with Gasteiger partial charge in [0.05, 0.1) is 11.3 Å². The van der Waals surface area contributed by atoms with Gasteiger partial charge in [0.2, 0.25) is 5.91 Å². The summed E-state index contributed by atoms with van der Waals surface area (Å²) in [5.74, 6) is -0.527. The maximum Gasteiger partial charge on any atom is 0.339 e. The van der Waals surface area contributed by atoms with Crippen LogP contribution in [0.4, 0.5) is 0 Å². The van der Waals surface area contributed by atoms with Gasteiger partial charge in [0, 0.05) is 24.5 Å². The fourth-order valence-electron chi connectivity index (χ4n) is 3.20. The average molecular weight is 407 g/mol. The van der Waals surface area contributed by atoms with Crippen molar-refractivity contribution in [3.05, 3.63) is 29.8 Å². The Balaban J connectivity index is 1.89. The molecule has 0 radical (unpaired) electrons. The summed E-state index contributed by atoms with van der Waals surface area (Å²) >= 11 is 1.33. The van der Waals surface area contributed by atoms with E-state index < -0.39 is 5.97 Å². The number of hydrogen-bond acceptors (Lipinski definition) is 5. The molecule has 1 aromatic rings. The topological polar surface area (TPSA) is 75.7 Å². The minimum Gasteiger partial charge on any atom is -0.452 e. The van der Waals surface area contributed by atoms with Crippen molar-refractivity contribution in [1.29, 1.82) is 0 Å². The summed E-state index contributed by atoms with van der Waals surface area (Å²) in [6.07, 6.45) is 6.55. The molecular formula is C21H30N2O4S. The van der Waals surface area contributed by atoms with Gasteiger partial charge in [-0.2, -0.15) is 0 Å². The van der Waals surface area contributed by atoms with E-state index in [1.807, 2.05) is 24.9 Å². The van der Waals surface area contributed by atoms with Gasteiger partial charge in [-0.3, -0.25) is 9.59 Å². The number of ether oxygens (including phenoxy) is 1. The van der Waals surface area contributed by atoms with Crippen molar-refractivity contribution in [3.8, 4) is 0 Å². The zero-order valence-electron chi connectivity index (χ0n) is 16.7. The molecule has 0 aromatic heterocycles. The Hall–Kier alpha value is -2.02. The zero-order valence-corrected chi connectivity index (χ0v) is 17.6. The monoisotopic (exact) mass is 406 g/mol. The first-order chi connectivity index (χ1) is 13.5. The van der Waals surface area contributed by atoms with Crippen LogP contribution in [0.2, 0.25) is 0 Å². The summed E-state index contributed by atoms with van der Waals surface area (Å²) in [6, 6.07) is 7.34. The number of amides is 2. The van der Waals surface area contributed by atoms with Crippen molar-refractivity contribution in [2.75, 3.05) is 26.0 Å². The van der Waals surface area contributed by atoms with Crippen LogP contribution in [0, 0.1) is 0 Å². The first-order valence-electron chi connectivity index (χ1n) is 9.94. The Morgan fingerprint density at radius 2 is 1.89 bits per heavy atom. The standard InChI is InChI=1S/C21H30N2O4S/c1-3-13-22-19(24)14-27-21(26)17-11-7-8-12-18(17)28-15-20(25)23(2)16-9-5-4-6-10-16/h7-8,11-12,16H,3-6,9-10,13-15H2,1-2H3,(H,22,24). The second-order valence-electron chi connectivity index (χ2n) is 7.01. The third kappa shape index (κ3) is 6.86. The molecule has 1 aliphatic carbocycles. The van der Waals surface area contributed by atoms with Gasteiger partial charge in [-0.15, -0.1) is 11.8 Å². The zero-order chi connectivity index (χ0) is 20.4. The molecule has 1 saturated carbocycles. The first kappa shape index (κ1) is 22.3. The molecule has 0 aliphatic heterocycles. The van der Waals surface area contributed by atoms with Crippen molar-refractivity contribution in [2.45, 2.75) is 56.4 Å². The normalized spacial score (nSPS) is 14.4. The van der Waals surface area contributed by atoms with Crippen molar-refractivity contribution >= 4 is 29.5 Å². The largest absolute Gasteiger partial charge is 0.452 e. The Bertz CT molecular complexity index is 674. The van der Waals surface area contributed by atoms with E-state index in [9.17, 15) is 14.4 Å². The molecule has 2 amide bonds. The highest BCUT2D eigenvalue weighted by atomic mass is 32.2. The number of nitrogens with one attached hydrogen (secondary N) is 1. The SMILES string of the molecule is CCCNC(=O)COC(=O)c1ccccc1SCC(=O)N(C)C1CCCCC1. The van der Waals surface area contributed by atoms with Gasteiger partial charge in [-0.05, 0) is 31.4 Å². The van der Waals surface area contributed by atoms with E-state index in [2.05, 4.69) is 5.32 Å². The van der Waals surface area contributed by atoms with Crippen LogP contribution < -0.4 is 5.32 Å². The molecule has 0 heterocycles. The molecule has 7 heteroatoms. The Morgan fingerprint density at radius 1 is 1.18 bits per heavy atom. The number of carbonyl (C=O) groups is 3. The third-order valence-corrected chi connectivity index (χ3v) is 5.94. The second kappa shape index (κ2) is 11.7. The lowest BCUT2D eigenvalue weighted by Crippen LogP contribution is -2.39. The van der Waals surface area contributed by atoms with Crippen LogP contribution >= 0.6 is 11.8 Å². The number of nitrogens with zero attached hydrogens (tertiary/aromatic N) is 1. The van der Waals surface area contributed by atoms with Crippen LogP contribution in [-0.4, -0.2) is 54.7 Å². The predicted molar refractivity (Wildman–Crippen MR) is 110 cm³/mol. The molecule has 0 saturated heterocycles. The maximum absolute atomic E-state index is 12.5. The number of thioether (sulfide) groups is 1. The molecule has 0 atom stereocenters. The summed E-state index contributed by atoms with van der Waals surface area (Å²) < 4.78 is 5.12. The summed E-state index contributed by atoms with van der Waals surface area (Å²) in [5.41, 5.74) is 0.379. The lowest BCUT2D eigenvalue weighted by Gasteiger charge is -2.31. The van der Waals surface area contributed by atoms with Gasteiger partial charge < -0.3 is 15.0 Å². The molecule has 1 aliphatic rings. The van der Waals surface area contributed by atoms with E-state index >= 15 is 0 Å². The molecule has 2 rings (SSSR count). The lowest BCUT2D eigenvalue weighted by atomic mass is 9.94. The van der Waals surface area contributed by atoms with Crippen LogP contribution in [0.3, 0.4) is 0 Å². The quantitative estimate of drug-likeness (QED) is 0.503. The Morgan fingerprint density at radius 3 is 2.61 bits per heavy atom. The van der Waals surface area contributed by atoms with Gasteiger partial charge in [0.15, 0.2) is 6.61 Å². The molecule has 154 valence electrons. The minimum atomic E-state index is -0.553. The van der Waals surface area contributed by atoms with E-state index in [0.717, 1.165) is 19.3 Å². The molecule has 1 aromatic carbocycles. The summed E-state index contributed by atoms with van der Waals surface area (Å²) in [4.78, 5) is 39.1. The second-order valence-corrected chi connectivity index (χ2v) is 8.02. The van der Waals surface area contributed by atoms with E-state index in [1.165, 1.54) is 31.0 Å². The Kier molecular flexibility index (Phi) is 9.34. The first-order valence-corrected chi connectivity index (χ1v) is 10.9. The average Bonchev–Trinajstić information content (AvgIpc) is 2.74. The highest BCUT2D eigenvalue weighted by molar-refractivity contribution is 8.00. The number of carbonyl (C=O) groups excluding carboxylic acids is 3. The van der Waals surface area contributed by atoms with Gasteiger partial charge >= 0.3 is 5.97 Å². The third-order valence-electron chi connectivity index (χ3n) is 4.88. The number of rotatable bonds is 9. The minimum absolute atomic E-state index is 0.0685. The lowest BCUT2D eigenvalue weighted by molar-refractivity contribution is -0.129. The summed E-state index contributed by atoms with van der Waals surface area (Å²) in [7, 11) is 1.87. The number of hydrogen-bond donors (Lipinski definition) is 1. The van der Waals surface area contributed by atoms with E-state index in [-0.39, 0.29) is 24.2 Å². The fourth-order valence-corrected chi connectivity index (χ4v) is 4.16. The van der Waals surface area contributed by atoms with Crippen molar-refractivity contribution in [2.24, 2.45) is 0 Å². The molecular weight excluding hydrogens is 376 g/mol. The highest BCUT2D eigenvalue weighted by Gasteiger charge is 2.22. The molecule has 28 heavy (non-hydrogen) atoms. The molecule has 0 spiro atoms. The van der Waals surface area contributed by atoms with Crippen LogP contribution in [0.25, 0.3) is 0 Å². The van der Waals surface area contributed by atoms with Gasteiger partial charge in [-0.25, -0.2) is 4.79 Å². The van der Waals surface area contributed by atoms with Gasteiger partial charge in [0.25, 0.3) is 5.91 Å². The van der Waals surface area contributed by atoms with E-state index in [0.29, 0.717) is 23.0 Å². The summed E-state index contributed by atoms with van der Waals surface area (Å²) in [6.45, 7) is 2.20. The van der Waals surface area contributed by atoms with E-state index in [1.54, 1.807) is 18.2 Å². The maximum atomic E-state index is 12.5. The van der Waals surface area contributed by atoms with Crippen LogP contribution in [0.15, 0.2) is 29.2 Å². The molecule has 0 bridgehead atoms. The smallest absolute Gasteiger partial charge is 0.339 e. The van der Waals surface area contributed by atoms with E-state index in [4.69, 9.17) is 4.74 Å². The van der Waals surface area contributed by atoms with Crippen LogP contribution in [0.5, 0.6) is 0 Å². The van der Waals surface area contributed by atoms with Crippen molar-refractivity contribution < 1.29 is 19.1 Å². The molecule has 1 N–H and O–H groups in total. The van der Waals surface area contributed by atoms with Crippen LogP contribution in [-0.2, 0) is 14.3 Å². The number of esters is 1. The van der Waals surface area contributed by atoms with Crippen molar-refractivity contribution in [1.82, 2.24) is 10.2 Å². The molecule has 1 fully saturated rings. The van der Waals surface area contributed by atoms with Gasteiger partial charge in [-0.1, -0.05) is 38.3 Å². The molecule has 6 nitrogen and oxygen atoms in total. The highest BCUT2D eigenvalue weighted by Crippen LogP contribution is 2.26. The summed E-state index contributed by atoms with van der Waals surface area (Å²) in [5, 5.41) is 2.67. The predicted octanol–water partition coefficient (Wildman–Crippen LogP) is 3.25. The van der Waals surface area contributed by atoms with Gasteiger partial charge in [0.1, 0.15) is 0 Å². The van der Waals surface area contributed by atoms with Crippen molar-refractivity contribution in [3.63, 3.8) is 0 Å². The number of benzene rings is 1. The van der Waals surface area contributed by atoms with Crippen LogP contribution in [0.1, 0.15) is 55.8 Å². The Labute approximate surface area is 171 Å². The molecule has 0 unspecified atom stereocenters. The fraction of sp³-hybridized carbons (Fsp3) is 0.571.